The van der Waals surface area contributed by atoms with E-state index in [1.807, 2.05) is 37.3 Å². The number of nitrogens with zero attached hydrogens (tertiary/aromatic N) is 2. The maximum Gasteiger partial charge on any atom is 0.348 e. The first-order valence-corrected chi connectivity index (χ1v) is 11.8. The van der Waals surface area contributed by atoms with Crippen LogP contribution >= 0.6 is 11.3 Å². The van der Waals surface area contributed by atoms with Crippen molar-refractivity contribution in [2.45, 2.75) is 6.92 Å². The number of esters is 1. The Kier molecular flexibility index (Phi) is 6.46. The second-order valence-electron chi connectivity index (χ2n) is 7.87. The van der Waals surface area contributed by atoms with E-state index in [0.717, 1.165) is 15.9 Å². The van der Waals surface area contributed by atoms with Crippen molar-refractivity contribution in [2.24, 2.45) is 0 Å². The molecule has 0 bridgehead atoms. The van der Waals surface area contributed by atoms with Gasteiger partial charge in [0.15, 0.2) is 6.61 Å². The molecule has 0 aliphatic heterocycles. The highest BCUT2D eigenvalue weighted by Crippen LogP contribution is 2.31. The molecule has 180 valence electrons. The smallest absolute Gasteiger partial charge is 0.348 e. The van der Waals surface area contributed by atoms with E-state index in [9.17, 15) is 14.0 Å². The minimum absolute atomic E-state index is 0.340. The summed E-state index contributed by atoms with van der Waals surface area (Å²) in [5, 5.41) is 7.97. The highest BCUT2D eigenvalue weighted by molar-refractivity contribution is 7.20. The summed E-state index contributed by atoms with van der Waals surface area (Å²) in [6, 6.07) is 23.8. The minimum atomic E-state index is -0.613. The lowest BCUT2D eigenvalue weighted by Gasteiger charge is -2.09. The zero-order chi connectivity index (χ0) is 25.1. The third kappa shape index (κ3) is 5.11. The molecule has 0 saturated carbocycles. The second-order valence-corrected chi connectivity index (χ2v) is 8.90. The summed E-state index contributed by atoms with van der Waals surface area (Å²) in [6.45, 7) is 1.38. The molecule has 2 aromatic heterocycles. The molecule has 5 rings (SSSR count). The van der Waals surface area contributed by atoms with Gasteiger partial charge in [-0.2, -0.15) is 5.10 Å². The summed E-state index contributed by atoms with van der Waals surface area (Å²) < 4.78 is 26.0. The lowest BCUT2D eigenvalue weighted by Crippen LogP contribution is -2.20. The predicted octanol–water partition coefficient (Wildman–Crippen LogP) is 6.12. The summed E-state index contributed by atoms with van der Waals surface area (Å²) in [4.78, 5) is 26.1. The van der Waals surface area contributed by atoms with E-state index in [4.69, 9.17) is 9.47 Å². The molecule has 1 N–H and O–H groups in total. The number of aromatic nitrogens is 2. The number of amides is 1. The summed E-state index contributed by atoms with van der Waals surface area (Å²) in [7, 11) is 0. The van der Waals surface area contributed by atoms with Crippen molar-refractivity contribution >= 4 is 39.1 Å². The van der Waals surface area contributed by atoms with E-state index in [2.05, 4.69) is 10.4 Å². The lowest BCUT2D eigenvalue weighted by atomic mass is 10.3. The van der Waals surface area contributed by atoms with Crippen LogP contribution in [0, 0.1) is 12.7 Å². The number of hydrogen-bond acceptors (Lipinski definition) is 6. The Balaban J connectivity index is 1.22. The fourth-order valence-electron chi connectivity index (χ4n) is 3.57. The van der Waals surface area contributed by atoms with Gasteiger partial charge in [-0.3, -0.25) is 4.79 Å². The number of benzene rings is 3. The molecular weight excluding hydrogens is 481 g/mol. The standard InChI is InChI=1S/C27H20FN3O4S/c1-17-23-15-24(36-26(23)31(30-17)20-12-10-18(28)11-13-20)27(33)34-16-25(32)29-19-6-5-9-22(14-19)35-21-7-3-2-4-8-21/h2-15H,16H2,1H3,(H,29,32). The van der Waals surface area contributed by atoms with Gasteiger partial charge in [0.2, 0.25) is 0 Å². The number of halogens is 1. The van der Waals surface area contributed by atoms with Gasteiger partial charge in [0.1, 0.15) is 27.0 Å². The minimum Gasteiger partial charge on any atom is -0.457 e. The van der Waals surface area contributed by atoms with Crippen LogP contribution in [0.25, 0.3) is 15.9 Å². The average molecular weight is 502 g/mol. The number of fused-ring (bicyclic) bond motifs is 1. The van der Waals surface area contributed by atoms with Crippen LogP contribution in [0.1, 0.15) is 15.4 Å². The number of rotatable bonds is 7. The van der Waals surface area contributed by atoms with Crippen molar-refractivity contribution in [2.75, 3.05) is 11.9 Å². The Labute approximate surface area is 209 Å². The van der Waals surface area contributed by atoms with Crippen LogP contribution < -0.4 is 10.1 Å². The first kappa shape index (κ1) is 23.3. The Morgan fingerprint density at radius 3 is 2.50 bits per heavy atom. The molecule has 5 aromatic rings. The third-order valence-electron chi connectivity index (χ3n) is 5.25. The van der Waals surface area contributed by atoms with Crippen molar-refractivity contribution in [1.82, 2.24) is 9.78 Å². The van der Waals surface area contributed by atoms with E-state index in [0.29, 0.717) is 27.8 Å². The highest BCUT2D eigenvalue weighted by atomic mass is 32.1. The van der Waals surface area contributed by atoms with Gasteiger partial charge in [-0.15, -0.1) is 11.3 Å². The molecule has 36 heavy (non-hydrogen) atoms. The molecule has 1 amide bonds. The zero-order valence-corrected chi connectivity index (χ0v) is 19.9. The fourth-order valence-corrected chi connectivity index (χ4v) is 4.64. The maximum absolute atomic E-state index is 13.3. The molecule has 0 spiro atoms. The van der Waals surface area contributed by atoms with Crippen molar-refractivity contribution < 1.29 is 23.5 Å². The lowest BCUT2D eigenvalue weighted by molar-refractivity contribution is -0.119. The Bertz CT molecular complexity index is 1540. The number of aryl methyl sites for hydroxylation is 1. The molecule has 3 aromatic carbocycles. The Morgan fingerprint density at radius 1 is 0.972 bits per heavy atom. The van der Waals surface area contributed by atoms with E-state index in [-0.39, 0.29) is 5.82 Å². The monoisotopic (exact) mass is 501 g/mol. The summed E-state index contributed by atoms with van der Waals surface area (Å²) >= 11 is 1.19. The van der Waals surface area contributed by atoms with E-state index in [1.165, 1.54) is 23.5 Å². The predicted molar refractivity (Wildman–Crippen MR) is 136 cm³/mol. The normalized spacial score (nSPS) is 10.8. The molecule has 0 fully saturated rings. The van der Waals surface area contributed by atoms with Gasteiger partial charge in [-0.25, -0.2) is 13.9 Å². The number of para-hydroxylation sites is 1. The quantitative estimate of drug-likeness (QED) is 0.272. The Hall–Kier alpha value is -4.50. The number of nitrogens with one attached hydrogen (secondary N) is 1. The zero-order valence-electron chi connectivity index (χ0n) is 19.1. The second kappa shape index (κ2) is 10.0. The number of thiophene rings is 1. The molecular formula is C27H20FN3O4S. The van der Waals surface area contributed by atoms with Gasteiger partial charge in [0.05, 0.1) is 11.4 Å². The topological polar surface area (TPSA) is 82.5 Å². The SMILES string of the molecule is Cc1nn(-c2ccc(F)cc2)c2sc(C(=O)OCC(=O)Nc3cccc(Oc4ccccc4)c3)cc12. The van der Waals surface area contributed by atoms with Crippen molar-refractivity contribution in [3.63, 3.8) is 0 Å². The molecule has 0 atom stereocenters. The molecule has 0 unspecified atom stereocenters. The van der Waals surface area contributed by atoms with Gasteiger partial charge >= 0.3 is 5.97 Å². The van der Waals surface area contributed by atoms with Crippen LogP contribution in [0.3, 0.4) is 0 Å². The summed E-state index contributed by atoms with van der Waals surface area (Å²) in [6.07, 6.45) is 0. The molecule has 0 saturated heterocycles. The van der Waals surface area contributed by atoms with E-state index in [1.54, 1.807) is 47.1 Å². The van der Waals surface area contributed by atoms with Crippen LogP contribution in [0.5, 0.6) is 11.5 Å². The fraction of sp³-hybridized carbons (Fsp3) is 0.0741. The van der Waals surface area contributed by atoms with Crippen LogP contribution in [-0.4, -0.2) is 28.3 Å². The van der Waals surface area contributed by atoms with Gasteiger partial charge in [-0.05, 0) is 61.5 Å². The van der Waals surface area contributed by atoms with Crippen LogP contribution in [0.15, 0.2) is 84.9 Å². The number of carbonyl (C=O) groups excluding carboxylic acids is 2. The first-order chi connectivity index (χ1) is 17.5. The average Bonchev–Trinajstić information content (AvgIpc) is 3.45. The molecule has 2 heterocycles. The first-order valence-electron chi connectivity index (χ1n) is 11.0. The van der Waals surface area contributed by atoms with Gasteiger partial charge in [0, 0.05) is 17.1 Å². The number of carbonyl (C=O) groups is 2. The van der Waals surface area contributed by atoms with E-state index < -0.39 is 18.5 Å². The number of ether oxygens (including phenoxy) is 2. The van der Waals surface area contributed by atoms with Crippen molar-refractivity contribution in [3.05, 3.63) is 101 Å². The largest absolute Gasteiger partial charge is 0.457 e. The highest BCUT2D eigenvalue weighted by Gasteiger charge is 2.19. The van der Waals surface area contributed by atoms with Crippen molar-refractivity contribution in [3.8, 4) is 17.2 Å². The third-order valence-corrected chi connectivity index (χ3v) is 6.34. The van der Waals surface area contributed by atoms with Crippen molar-refractivity contribution in [1.29, 1.82) is 0 Å². The van der Waals surface area contributed by atoms with E-state index >= 15 is 0 Å². The Morgan fingerprint density at radius 2 is 1.72 bits per heavy atom. The van der Waals surface area contributed by atoms with Gasteiger partial charge in [-0.1, -0.05) is 24.3 Å². The summed E-state index contributed by atoms with van der Waals surface area (Å²) in [5.74, 6) is -0.196. The molecule has 9 heteroatoms. The van der Waals surface area contributed by atoms with Gasteiger partial charge in [0.25, 0.3) is 5.91 Å². The van der Waals surface area contributed by atoms with Crippen LogP contribution in [0.4, 0.5) is 10.1 Å². The molecule has 0 radical (unpaired) electrons. The number of hydrogen-bond donors (Lipinski definition) is 1. The van der Waals surface area contributed by atoms with Crippen LogP contribution in [-0.2, 0) is 9.53 Å². The summed E-state index contributed by atoms with van der Waals surface area (Å²) in [5.41, 5.74) is 1.91. The molecule has 0 aliphatic carbocycles. The molecule has 7 nitrogen and oxygen atoms in total. The van der Waals surface area contributed by atoms with Crippen LogP contribution in [0.2, 0.25) is 0 Å². The maximum atomic E-state index is 13.3. The molecule has 0 aliphatic rings. The van der Waals surface area contributed by atoms with Gasteiger partial charge < -0.3 is 14.8 Å². The number of anilines is 1.